The van der Waals surface area contributed by atoms with Crippen molar-refractivity contribution < 1.29 is 14.5 Å². The molecule has 1 aromatic carbocycles. The van der Waals surface area contributed by atoms with Crippen LogP contribution in [-0.4, -0.2) is 45.7 Å². The number of rotatable bonds is 3. The number of aromatic nitrogens is 2. The van der Waals surface area contributed by atoms with Gasteiger partial charge in [0, 0.05) is 35.0 Å². The van der Waals surface area contributed by atoms with Crippen LogP contribution in [0.1, 0.15) is 38.9 Å². The second kappa shape index (κ2) is 6.64. The van der Waals surface area contributed by atoms with Gasteiger partial charge in [0.05, 0.1) is 29.9 Å². The predicted molar refractivity (Wildman–Crippen MR) is 90.5 cm³/mol. The maximum Gasteiger partial charge on any atom is 0.273 e. The van der Waals surface area contributed by atoms with E-state index in [4.69, 9.17) is 4.74 Å². The number of nitro groups is 1. The molecule has 1 aromatic heterocycles. The summed E-state index contributed by atoms with van der Waals surface area (Å²) >= 11 is 0. The molecule has 2 aromatic rings. The van der Waals surface area contributed by atoms with Gasteiger partial charge >= 0.3 is 0 Å². The Labute approximate surface area is 144 Å². The number of H-pyrrole nitrogens is 1. The molecule has 1 N–H and O–H groups in total. The molecule has 1 amide bonds. The van der Waals surface area contributed by atoms with Crippen molar-refractivity contribution in [3.05, 3.63) is 56.4 Å². The molecule has 8 nitrogen and oxygen atoms in total. The van der Waals surface area contributed by atoms with Crippen LogP contribution in [0.2, 0.25) is 0 Å². The summed E-state index contributed by atoms with van der Waals surface area (Å²) in [6.45, 7) is 6.64. The average molecular weight is 344 g/mol. The lowest BCUT2D eigenvalue weighted by Crippen LogP contribution is -2.44. The second-order valence-electron chi connectivity index (χ2n) is 6.14. The van der Waals surface area contributed by atoms with Crippen molar-refractivity contribution in [2.24, 2.45) is 0 Å². The fourth-order valence-corrected chi connectivity index (χ4v) is 3.34. The lowest BCUT2D eigenvalue weighted by atomic mass is 10.00. The third-order valence-corrected chi connectivity index (χ3v) is 4.64. The van der Waals surface area contributed by atoms with E-state index in [9.17, 15) is 14.9 Å². The maximum atomic E-state index is 13.1. The summed E-state index contributed by atoms with van der Waals surface area (Å²) < 4.78 is 5.58. The minimum absolute atomic E-state index is 0.0497. The van der Waals surface area contributed by atoms with Gasteiger partial charge in [-0.05, 0) is 26.8 Å². The van der Waals surface area contributed by atoms with E-state index in [0.29, 0.717) is 30.9 Å². The SMILES string of the molecule is Cc1n[nH]c(C)c1[C@@H]1COCCN1C(=O)c1cccc([N+](=O)[O-])c1C. The highest BCUT2D eigenvalue weighted by molar-refractivity contribution is 5.97. The first kappa shape index (κ1) is 17.1. The number of nitrogens with one attached hydrogen (secondary N) is 1. The summed E-state index contributed by atoms with van der Waals surface area (Å²) in [6, 6.07) is 4.32. The first-order valence-corrected chi connectivity index (χ1v) is 8.06. The van der Waals surface area contributed by atoms with E-state index in [1.807, 2.05) is 13.8 Å². The number of hydrogen-bond donors (Lipinski definition) is 1. The van der Waals surface area contributed by atoms with Gasteiger partial charge in [-0.15, -0.1) is 0 Å². The Hall–Kier alpha value is -2.74. The molecule has 0 bridgehead atoms. The molecule has 25 heavy (non-hydrogen) atoms. The third-order valence-electron chi connectivity index (χ3n) is 4.64. The van der Waals surface area contributed by atoms with Crippen molar-refractivity contribution in [3.8, 4) is 0 Å². The van der Waals surface area contributed by atoms with Gasteiger partial charge in [0.15, 0.2) is 0 Å². The molecule has 0 saturated carbocycles. The van der Waals surface area contributed by atoms with Gasteiger partial charge in [-0.3, -0.25) is 20.0 Å². The molecule has 3 rings (SSSR count). The molecule has 1 fully saturated rings. The Kier molecular flexibility index (Phi) is 4.54. The molecule has 2 heterocycles. The summed E-state index contributed by atoms with van der Waals surface area (Å²) in [5.74, 6) is -0.227. The van der Waals surface area contributed by atoms with Crippen LogP contribution in [0, 0.1) is 30.9 Å². The number of ether oxygens (including phenoxy) is 1. The van der Waals surface area contributed by atoms with Crippen LogP contribution < -0.4 is 0 Å². The van der Waals surface area contributed by atoms with Crippen molar-refractivity contribution in [3.63, 3.8) is 0 Å². The molecule has 0 spiro atoms. The summed E-state index contributed by atoms with van der Waals surface area (Å²) in [5.41, 5.74) is 3.33. The molecule has 1 atom stereocenters. The van der Waals surface area contributed by atoms with E-state index in [0.717, 1.165) is 17.0 Å². The van der Waals surface area contributed by atoms with Crippen LogP contribution in [0.15, 0.2) is 18.2 Å². The molecular weight excluding hydrogens is 324 g/mol. The zero-order chi connectivity index (χ0) is 18.1. The van der Waals surface area contributed by atoms with E-state index in [1.165, 1.54) is 6.07 Å². The van der Waals surface area contributed by atoms with Crippen molar-refractivity contribution in [1.29, 1.82) is 0 Å². The Balaban J connectivity index is 2.00. The number of aryl methyl sites for hydroxylation is 2. The van der Waals surface area contributed by atoms with Crippen molar-refractivity contribution >= 4 is 11.6 Å². The number of carbonyl (C=O) groups excluding carboxylic acids is 1. The van der Waals surface area contributed by atoms with Crippen LogP contribution in [0.25, 0.3) is 0 Å². The van der Waals surface area contributed by atoms with Crippen LogP contribution >= 0.6 is 0 Å². The molecule has 1 saturated heterocycles. The number of hydrogen-bond acceptors (Lipinski definition) is 5. The lowest BCUT2D eigenvalue weighted by molar-refractivity contribution is -0.385. The quantitative estimate of drug-likeness (QED) is 0.681. The van der Waals surface area contributed by atoms with E-state index in [-0.39, 0.29) is 17.6 Å². The van der Waals surface area contributed by atoms with Gasteiger partial charge in [0.1, 0.15) is 0 Å². The highest BCUT2D eigenvalue weighted by atomic mass is 16.6. The fourth-order valence-electron chi connectivity index (χ4n) is 3.34. The Morgan fingerprint density at radius 1 is 1.40 bits per heavy atom. The number of nitrogens with zero attached hydrogens (tertiary/aromatic N) is 3. The van der Waals surface area contributed by atoms with Crippen LogP contribution in [0.4, 0.5) is 5.69 Å². The molecule has 0 radical (unpaired) electrons. The highest BCUT2D eigenvalue weighted by Crippen LogP contribution is 2.31. The van der Waals surface area contributed by atoms with E-state index < -0.39 is 4.92 Å². The molecule has 0 aliphatic carbocycles. The summed E-state index contributed by atoms with van der Waals surface area (Å²) in [5, 5.41) is 18.3. The topological polar surface area (TPSA) is 101 Å². The van der Waals surface area contributed by atoms with Crippen LogP contribution in [0.3, 0.4) is 0 Å². The van der Waals surface area contributed by atoms with E-state index in [2.05, 4.69) is 10.2 Å². The Bertz CT molecular complexity index is 811. The fraction of sp³-hybridized carbons (Fsp3) is 0.412. The number of aromatic amines is 1. The molecular formula is C17H20N4O4. The molecule has 8 heteroatoms. The molecule has 0 unspecified atom stereocenters. The Morgan fingerprint density at radius 3 is 2.80 bits per heavy atom. The minimum Gasteiger partial charge on any atom is -0.377 e. The van der Waals surface area contributed by atoms with Gasteiger partial charge < -0.3 is 9.64 Å². The zero-order valence-electron chi connectivity index (χ0n) is 14.4. The van der Waals surface area contributed by atoms with Gasteiger partial charge in [-0.25, -0.2) is 0 Å². The smallest absolute Gasteiger partial charge is 0.273 e. The van der Waals surface area contributed by atoms with Crippen molar-refractivity contribution in [1.82, 2.24) is 15.1 Å². The van der Waals surface area contributed by atoms with Crippen molar-refractivity contribution in [2.45, 2.75) is 26.8 Å². The van der Waals surface area contributed by atoms with Crippen molar-refractivity contribution in [2.75, 3.05) is 19.8 Å². The minimum atomic E-state index is -0.465. The lowest BCUT2D eigenvalue weighted by Gasteiger charge is -2.36. The number of benzene rings is 1. The van der Waals surface area contributed by atoms with Crippen LogP contribution in [0.5, 0.6) is 0 Å². The van der Waals surface area contributed by atoms with Gasteiger partial charge in [0.2, 0.25) is 0 Å². The standard InChI is InChI=1S/C17H20N4O4/c1-10-13(5-4-6-14(10)21(23)24)17(22)20-7-8-25-9-15(20)16-11(2)18-19-12(16)3/h4-6,15H,7-9H2,1-3H3,(H,18,19)/t15-/m0/s1. The monoisotopic (exact) mass is 344 g/mol. The predicted octanol–water partition coefficient (Wildman–Crippen LogP) is 2.46. The number of carbonyl (C=O) groups is 1. The number of morpholine rings is 1. The number of nitro benzene ring substituents is 1. The highest BCUT2D eigenvalue weighted by Gasteiger charge is 2.33. The van der Waals surface area contributed by atoms with E-state index in [1.54, 1.807) is 24.0 Å². The van der Waals surface area contributed by atoms with E-state index >= 15 is 0 Å². The average Bonchev–Trinajstić information content (AvgIpc) is 2.93. The summed E-state index contributed by atoms with van der Waals surface area (Å²) in [6.07, 6.45) is 0. The summed E-state index contributed by atoms with van der Waals surface area (Å²) in [7, 11) is 0. The number of amides is 1. The summed E-state index contributed by atoms with van der Waals surface area (Å²) in [4.78, 5) is 25.6. The van der Waals surface area contributed by atoms with Gasteiger partial charge in [-0.1, -0.05) is 6.07 Å². The van der Waals surface area contributed by atoms with Crippen LogP contribution in [-0.2, 0) is 4.74 Å². The maximum absolute atomic E-state index is 13.1. The molecule has 1 aliphatic heterocycles. The molecule has 132 valence electrons. The largest absolute Gasteiger partial charge is 0.377 e. The first-order valence-electron chi connectivity index (χ1n) is 8.06. The zero-order valence-corrected chi connectivity index (χ0v) is 14.4. The third kappa shape index (κ3) is 3.00. The second-order valence-corrected chi connectivity index (χ2v) is 6.14. The molecule has 1 aliphatic rings. The van der Waals surface area contributed by atoms with Gasteiger partial charge in [0.25, 0.3) is 11.6 Å². The first-order chi connectivity index (χ1) is 11.9. The normalized spacial score (nSPS) is 17.6. The Morgan fingerprint density at radius 2 is 2.16 bits per heavy atom. The van der Waals surface area contributed by atoms with Gasteiger partial charge in [-0.2, -0.15) is 5.10 Å².